The topological polar surface area (TPSA) is 105 Å². The molecule has 0 fully saturated rings. The first-order valence-corrected chi connectivity index (χ1v) is 34.6. The van der Waals surface area contributed by atoms with Crippen LogP contribution in [0.5, 0.6) is 0 Å². The maximum Gasteiger partial charge on any atom is 0.472 e. The molecule has 3 N–H and O–H groups in total. The van der Waals surface area contributed by atoms with Crippen molar-refractivity contribution in [1.29, 1.82) is 0 Å². The summed E-state index contributed by atoms with van der Waals surface area (Å²) in [5, 5.41) is 14.1. The molecule has 0 aliphatic rings. The Hall–Kier alpha value is -1.80. The number of nitrogens with one attached hydrogen (secondary N) is 1. The Bertz CT molecular complexity index is 1440. The van der Waals surface area contributed by atoms with Crippen LogP contribution in [0.15, 0.2) is 60.8 Å². The van der Waals surface area contributed by atoms with Gasteiger partial charge >= 0.3 is 7.82 Å². The summed E-state index contributed by atoms with van der Waals surface area (Å²) in [5.41, 5.74) is 0. The fraction of sp³-hybridized carbons (Fsp3) is 0.838. The number of phosphoric acid groups is 1. The normalized spacial score (nSPS) is 14.1. The van der Waals surface area contributed by atoms with Crippen molar-refractivity contribution in [3.05, 3.63) is 60.8 Å². The Morgan fingerprint density at radius 2 is 0.779 bits per heavy atom. The monoisotopic (exact) mass is 1100 g/mol. The molecule has 0 aromatic heterocycles. The second-order valence-electron chi connectivity index (χ2n) is 23.8. The van der Waals surface area contributed by atoms with E-state index in [9.17, 15) is 19.4 Å². The first kappa shape index (κ1) is 75.2. The molecule has 3 atom stereocenters. The predicted molar refractivity (Wildman–Crippen MR) is 337 cm³/mol. The Kier molecular flexibility index (Phi) is 57.5. The lowest BCUT2D eigenvalue weighted by Crippen LogP contribution is -2.46. The minimum Gasteiger partial charge on any atom is -0.391 e. The van der Waals surface area contributed by atoms with Crippen LogP contribution in [0.3, 0.4) is 0 Å². The van der Waals surface area contributed by atoms with Crippen molar-refractivity contribution in [2.24, 2.45) is 0 Å². The Morgan fingerprint density at radius 3 is 1.14 bits per heavy atom. The van der Waals surface area contributed by atoms with E-state index in [1.54, 1.807) is 0 Å². The summed E-state index contributed by atoms with van der Waals surface area (Å²) in [5.74, 6) is -0.139. The molecular formula is C68H130N2O6P+. The largest absolute Gasteiger partial charge is 0.472 e. The second-order valence-corrected chi connectivity index (χ2v) is 25.3. The van der Waals surface area contributed by atoms with E-state index in [0.717, 1.165) is 70.6 Å². The van der Waals surface area contributed by atoms with Crippen LogP contribution in [0.4, 0.5) is 0 Å². The third-order valence-electron chi connectivity index (χ3n) is 15.0. The molecule has 452 valence electrons. The number of hydrogen-bond donors (Lipinski definition) is 3. The van der Waals surface area contributed by atoms with Gasteiger partial charge in [-0.1, -0.05) is 312 Å². The van der Waals surface area contributed by atoms with Gasteiger partial charge in [0.2, 0.25) is 5.91 Å². The molecule has 0 saturated heterocycles. The lowest BCUT2D eigenvalue weighted by Gasteiger charge is -2.26. The van der Waals surface area contributed by atoms with Crippen molar-refractivity contribution in [3.8, 4) is 0 Å². The predicted octanol–water partition coefficient (Wildman–Crippen LogP) is 20.8. The molecule has 0 aliphatic heterocycles. The van der Waals surface area contributed by atoms with Crippen LogP contribution in [0.1, 0.15) is 316 Å². The smallest absolute Gasteiger partial charge is 0.391 e. The Balaban J connectivity index is 3.90. The van der Waals surface area contributed by atoms with Crippen molar-refractivity contribution >= 4 is 13.7 Å². The van der Waals surface area contributed by atoms with Crippen molar-refractivity contribution in [1.82, 2.24) is 5.32 Å². The Morgan fingerprint density at radius 1 is 0.455 bits per heavy atom. The molecule has 0 heterocycles. The quantitative estimate of drug-likeness (QED) is 0.0243. The van der Waals surface area contributed by atoms with E-state index < -0.39 is 20.0 Å². The molecule has 0 aromatic rings. The van der Waals surface area contributed by atoms with Crippen molar-refractivity contribution in [3.63, 3.8) is 0 Å². The zero-order chi connectivity index (χ0) is 56.3. The highest BCUT2D eigenvalue weighted by Gasteiger charge is 2.28. The first-order valence-electron chi connectivity index (χ1n) is 33.2. The van der Waals surface area contributed by atoms with Crippen LogP contribution < -0.4 is 5.32 Å². The fourth-order valence-electron chi connectivity index (χ4n) is 9.90. The molecule has 8 nitrogen and oxygen atoms in total. The van der Waals surface area contributed by atoms with Crippen molar-refractivity contribution < 1.29 is 32.9 Å². The minimum atomic E-state index is -4.32. The SMILES string of the molecule is CC/C=C\C/C=C\C/C=C\C/C=C\C/C=C\CCCCCCCCCCCCCCCCCCCCCCCCCC(=O)NC(COP(=O)(O)OCC[N+](C)(C)C)C(O)CCCCCCCCCCCCCCCCCC. The molecule has 77 heavy (non-hydrogen) atoms. The highest BCUT2D eigenvalue weighted by atomic mass is 31.2. The third kappa shape index (κ3) is 61.7. The van der Waals surface area contributed by atoms with E-state index in [1.165, 1.54) is 218 Å². The maximum atomic E-state index is 13.0. The molecule has 0 saturated carbocycles. The number of aliphatic hydroxyl groups excluding tert-OH is 1. The molecule has 0 spiro atoms. The van der Waals surface area contributed by atoms with Gasteiger partial charge in [-0.05, 0) is 57.8 Å². The molecular weight excluding hydrogens is 972 g/mol. The number of amides is 1. The fourth-order valence-corrected chi connectivity index (χ4v) is 10.6. The number of quaternary nitrogens is 1. The zero-order valence-corrected chi connectivity index (χ0v) is 52.6. The number of aliphatic hydroxyl groups is 1. The lowest BCUT2D eigenvalue weighted by molar-refractivity contribution is -0.870. The number of likely N-dealkylation sites (N-methyl/N-ethyl adjacent to an activating group) is 1. The second kappa shape index (κ2) is 58.8. The van der Waals surface area contributed by atoms with E-state index in [1.807, 2.05) is 21.1 Å². The maximum absolute atomic E-state index is 13.0. The van der Waals surface area contributed by atoms with Crippen LogP contribution in [-0.2, 0) is 18.4 Å². The number of nitrogens with zero attached hydrogens (tertiary/aromatic N) is 1. The van der Waals surface area contributed by atoms with Crippen molar-refractivity contribution in [2.45, 2.75) is 328 Å². The van der Waals surface area contributed by atoms with Gasteiger partial charge < -0.3 is 19.8 Å². The van der Waals surface area contributed by atoms with Gasteiger partial charge in [0.15, 0.2) is 0 Å². The number of unbranched alkanes of at least 4 members (excludes halogenated alkanes) is 38. The average molecular weight is 1100 g/mol. The van der Waals surface area contributed by atoms with Crippen LogP contribution in [0, 0.1) is 0 Å². The molecule has 1 amide bonds. The standard InChI is InChI=1S/C68H129N2O6P/c1-6-8-10-12-14-16-18-20-22-24-25-26-27-28-29-30-31-32-33-34-35-36-37-38-39-40-41-42-43-44-45-46-48-50-52-54-56-58-60-62-68(72)69-66(65-76-77(73,74)75-64-63-70(3,4)5)67(71)61-59-57-55-53-51-49-47-23-21-19-17-15-13-11-9-7-2/h8,10,14,16,20,22,25-26,28-29,66-67,71H,6-7,9,11-13,15,17-19,21,23-24,27,30-65H2,1-5H3,(H-,69,72,73,74)/p+1/b10-8-,16-14-,22-20-,26-25-,29-28-. The summed E-state index contributed by atoms with van der Waals surface area (Å²) in [6.45, 7) is 4.81. The molecule has 0 rings (SSSR count). The van der Waals surface area contributed by atoms with Crippen LogP contribution in [0.25, 0.3) is 0 Å². The lowest BCUT2D eigenvalue weighted by atomic mass is 10.0. The van der Waals surface area contributed by atoms with Crippen LogP contribution >= 0.6 is 7.82 Å². The van der Waals surface area contributed by atoms with Gasteiger partial charge in [0, 0.05) is 6.42 Å². The number of carbonyl (C=O) groups is 1. The zero-order valence-electron chi connectivity index (χ0n) is 51.7. The molecule has 9 heteroatoms. The van der Waals surface area contributed by atoms with E-state index in [-0.39, 0.29) is 19.1 Å². The molecule has 0 radical (unpaired) electrons. The number of carbonyl (C=O) groups excluding carboxylic acids is 1. The number of rotatable bonds is 61. The summed E-state index contributed by atoms with van der Waals surface area (Å²) >= 11 is 0. The first-order chi connectivity index (χ1) is 37.5. The van der Waals surface area contributed by atoms with Gasteiger partial charge in [-0.2, -0.15) is 0 Å². The number of hydrogen-bond acceptors (Lipinski definition) is 5. The van der Waals surface area contributed by atoms with E-state index in [2.05, 4.69) is 79.9 Å². The summed E-state index contributed by atoms with van der Waals surface area (Å²) in [6.07, 6.45) is 80.3. The van der Waals surface area contributed by atoms with Crippen LogP contribution in [-0.4, -0.2) is 73.4 Å². The van der Waals surface area contributed by atoms with Gasteiger partial charge in [-0.3, -0.25) is 13.8 Å². The third-order valence-corrected chi connectivity index (χ3v) is 16.0. The van der Waals surface area contributed by atoms with E-state index in [0.29, 0.717) is 23.9 Å². The van der Waals surface area contributed by atoms with Crippen molar-refractivity contribution in [2.75, 3.05) is 40.9 Å². The molecule has 3 unspecified atom stereocenters. The number of allylic oxidation sites excluding steroid dienone is 10. The average Bonchev–Trinajstić information content (AvgIpc) is 3.39. The summed E-state index contributed by atoms with van der Waals surface area (Å²) in [7, 11) is 1.63. The van der Waals surface area contributed by atoms with Crippen LogP contribution in [0.2, 0.25) is 0 Å². The van der Waals surface area contributed by atoms with Gasteiger partial charge in [-0.15, -0.1) is 0 Å². The highest BCUT2D eigenvalue weighted by Crippen LogP contribution is 2.43. The van der Waals surface area contributed by atoms with E-state index >= 15 is 0 Å². The highest BCUT2D eigenvalue weighted by molar-refractivity contribution is 7.47. The van der Waals surface area contributed by atoms with Gasteiger partial charge in [0.25, 0.3) is 0 Å². The van der Waals surface area contributed by atoms with Gasteiger partial charge in [0.1, 0.15) is 13.2 Å². The molecule has 0 aliphatic carbocycles. The van der Waals surface area contributed by atoms with Gasteiger partial charge in [-0.25, -0.2) is 4.57 Å². The van der Waals surface area contributed by atoms with Gasteiger partial charge in [0.05, 0.1) is 39.9 Å². The summed E-state index contributed by atoms with van der Waals surface area (Å²) < 4.78 is 23.8. The molecule has 0 bridgehead atoms. The summed E-state index contributed by atoms with van der Waals surface area (Å²) in [6, 6.07) is -0.760. The Labute approximate surface area is 479 Å². The minimum absolute atomic E-state index is 0.0761. The summed E-state index contributed by atoms with van der Waals surface area (Å²) in [4.78, 5) is 23.4. The number of phosphoric ester groups is 1. The molecule has 0 aromatic carbocycles. The van der Waals surface area contributed by atoms with E-state index in [4.69, 9.17) is 9.05 Å².